The summed E-state index contributed by atoms with van der Waals surface area (Å²) in [7, 11) is 0. The molecule has 0 atom stereocenters. The number of ether oxygens (including phenoxy) is 2. The Hall–Kier alpha value is -2.32. The third-order valence-electron chi connectivity index (χ3n) is 3.49. The van der Waals surface area contributed by atoms with Gasteiger partial charge in [-0.15, -0.1) is 11.8 Å². The van der Waals surface area contributed by atoms with Crippen molar-refractivity contribution >= 4 is 51.2 Å². The average Bonchev–Trinajstić information content (AvgIpc) is 2.70. The van der Waals surface area contributed by atoms with Crippen LogP contribution < -0.4 is 4.90 Å². The van der Waals surface area contributed by atoms with E-state index in [4.69, 9.17) is 9.47 Å². The first-order valence-corrected chi connectivity index (χ1v) is 10.3. The van der Waals surface area contributed by atoms with E-state index in [1.165, 1.54) is 16.7 Å². The molecule has 1 amide bonds. The van der Waals surface area contributed by atoms with E-state index >= 15 is 0 Å². The molecule has 0 spiro atoms. The Bertz CT molecular complexity index is 798. The van der Waals surface area contributed by atoms with Gasteiger partial charge in [-0.1, -0.05) is 34.1 Å². The van der Waals surface area contributed by atoms with Gasteiger partial charge < -0.3 is 9.47 Å². The van der Waals surface area contributed by atoms with Crippen molar-refractivity contribution in [2.24, 2.45) is 0 Å². The summed E-state index contributed by atoms with van der Waals surface area (Å²) in [5, 5.41) is 0. The molecule has 0 saturated carbocycles. The molecule has 0 heterocycles. The predicted molar refractivity (Wildman–Crippen MR) is 111 cm³/mol. The molecule has 28 heavy (non-hydrogen) atoms. The smallest absolute Gasteiger partial charge is 0.326 e. The van der Waals surface area contributed by atoms with Crippen LogP contribution in [0, 0.1) is 0 Å². The lowest BCUT2D eigenvalue weighted by molar-refractivity contribution is -0.146. The maximum Gasteiger partial charge on any atom is 0.326 e. The Morgan fingerprint density at radius 2 is 1.64 bits per heavy atom. The number of anilines is 1. The zero-order valence-corrected chi connectivity index (χ0v) is 17.7. The zero-order chi connectivity index (χ0) is 20.4. The normalized spacial score (nSPS) is 10.2. The topological polar surface area (TPSA) is 72.9 Å². The van der Waals surface area contributed by atoms with E-state index in [1.807, 2.05) is 24.3 Å². The van der Waals surface area contributed by atoms with E-state index in [0.717, 1.165) is 9.37 Å². The first kappa shape index (κ1) is 22.0. The number of rotatable bonds is 9. The van der Waals surface area contributed by atoms with Crippen LogP contribution in [0.2, 0.25) is 0 Å². The van der Waals surface area contributed by atoms with E-state index in [0.29, 0.717) is 5.69 Å². The molecule has 0 radical (unpaired) electrons. The number of esters is 2. The lowest BCUT2D eigenvalue weighted by atomic mass is 10.3. The lowest BCUT2D eigenvalue weighted by Crippen LogP contribution is -2.39. The fourth-order valence-corrected chi connectivity index (χ4v) is 3.16. The molecule has 148 valence electrons. The minimum Gasteiger partial charge on any atom is -0.465 e. The van der Waals surface area contributed by atoms with Gasteiger partial charge in [0.2, 0.25) is 0 Å². The highest BCUT2D eigenvalue weighted by atomic mass is 79.9. The Balaban J connectivity index is 1.90. The molecule has 0 aliphatic rings. The number of hydrogen-bond acceptors (Lipinski definition) is 6. The van der Waals surface area contributed by atoms with Gasteiger partial charge in [0.25, 0.3) is 5.91 Å². The van der Waals surface area contributed by atoms with Crippen LogP contribution in [0.1, 0.15) is 6.92 Å². The second-order valence-corrected chi connectivity index (χ2v) is 7.49. The quantitative estimate of drug-likeness (QED) is 0.415. The van der Waals surface area contributed by atoms with Gasteiger partial charge in [-0.2, -0.15) is 0 Å². The van der Waals surface area contributed by atoms with Crippen LogP contribution >= 0.6 is 27.7 Å². The van der Waals surface area contributed by atoms with Crippen molar-refractivity contribution in [3.63, 3.8) is 0 Å². The standard InChI is InChI=1S/C20H20BrNO5S/c1-2-26-19(24)12-22(16-6-4-3-5-7-16)18(23)13-27-20(25)14-28-17-10-8-15(21)9-11-17/h3-11H,2,12-14H2,1H3. The molecule has 0 aromatic heterocycles. The molecule has 0 N–H and O–H groups in total. The highest BCUT2D eigenvalue weighted by molar-refractivity contribution is 9.10. The second-order valence-electron chi connectivity index (χ2n) is 5.52. The van der Waals surface area contributed by atoms with Crippen LogP contribution in [-0.4, -0.2) is 43.4 Å². The van der Waals surface area contributed by atoms with E-state index in [1.54, 1.807) is 37.3 Å². The summed E-state index contributed by atoms with van der Waals surface area (Å²) in [6.07, 6.45) is 0. The minimum atomic E-state index is -0.531. The molecule has 0 aliphatic carbocycles. The first-order valence-electron chi connectivity index (χ1n) is 8.54. The van der Waals surface area contributed by atoms with E-state index < -0.39 is 24.5 Å². The van der Waals surface area contributed by atoms with Crippen LogP contribution in [0.3, 0.4) is 0 Å². The SMILES string of the molecule is CCOC(=O)CN(C(=O)COC(=O)CSc1ccc(Br)cc1)c1ccccc1. The summed E-state index contributed by atoms with van der Waals surface area (Å²) in [4.78, 5) is 38.5. The number of thioether (sulfide) groups is 1. The van der Waals surface area contributed by atoms with Crippen molar-refractivity contribution < 1.29 is 23.9 Å². The number of hydrogen-bond donors (Lipinski definition) is 0. The van der Waals surface area contributed by atoms with Crippen molar-refractivity contribution in [3.05, 3.63) is 59.1 Å². The van der Waals surface area contributed by atoms with Gasteiger partial charge >= 0.3 is 11.9 Å². The maximum atomic E-state index is 12.5. The molecule has 0 bridgehead atoms. The van der Waals surface area contributed by atoms with Crippen molar-refractivity contribution in [3.8, 4) is 0 Å². The number of para-hydroxylation sites is 1. The van der Waals surface area contributed by atoms with Gasteiger partial charge in [-0.3, -0.25) is 19.3 Å². The molecular weight excluding hydrogens is 446 g/mol. The van der Waals surface area contributed by atoms with E-state index in [-0.39, 0.29) is 18.9 Å². The number of amides is 1. The van der Waals surface area contributed by atoms with E-state index in [2.05, 4.69) is 15.9 Å². The van der Waals surface area contributed by atoms with Gasteiger partial charge in [0.15, 0.2) is 6.61 Å². The predicted octanol–water partition coefficient (Wildman–Crippen LogP) is 3.68. The minimum absolute atomic E-state index is 0.0815. The first-order chi connectivity index (χ1) is 13.5. The summed E-state index contributed by atoms with van der Waals surface area (Å²) in [5.41, 5.74) is 0.529. The van der Waals surface area contributed by atoms with Crippen LogP contribution in [0.15, 0.2) is 64.0 Å². The van der Waals surface area contributed by atoms with Gasteiger partial charge in [-0.05, 0) is 43.3 Å². The molecule has 6 nitrogen and oxygen atoms in total. The largest absolute Gasteiger partial charge is 0.465 e. The van der Waals surface area contributed by atoms with Gasteiger partial charge in [0.05, 0.1) is 12.4 Å². The number of carbonyl (C=O) groups is 3. The molecule has 0 fully saturated rings. The van der Waals surface area contributed by atoms with Crippen molar-refractivity contribution in [2.45, 2.75) is 11.8 Å². The molecule has 8 heteroatoms. The molecular formula is C20H20BrNO5S. The molecule has 2 aromatic rings. The van der Waals surface area contributed by atoms with Crippen molar-refractivity contribution in [1.82, 2.24) is 0 Å². The highest BCUT2D eigenvalue weighted by Gasteiger charge is 2.21. The summed E-state index contributed by atoms with van der Waals surface area (Å²) < 4.78 is 11.0. The summed E-state index contributed by atoms with van der Waals surface area (Å²) in [6.45, 7) is 1.21. The molecule has 0 aliphatic heterocycles. The Morgan fingerprint density at radius 1 is 0.964 bits per heavy atom. The number of nitrogens with zero attached hydrogens (tertiary/aromatic N) is 1. The summed E-state index contributed by atoms with van der Waals surface area (Å²) in [6, 6.07) is 16.2. The zero-order valence-electron chi connectivity index (χ0n) is 15.3. The number of benzene rings is 2. The monoisotopic (exact) mass is 465 g/mol. The van der Waals surface area contributed by atoms with Gasteiger partial charge in [0.1, 0.15) is 6.54 Å². The highest BCUT2D eigenvalue weighted by Crippen LogP contribution is 2.20. The van der Waals surface area contributed by atoms with Crippen molar-refractivity contribution in [2.75, 3.05) is 30.4 Å². The summed E-state index contributed by atoms with van der Waals surface area (Å²) in [5.74, 6) is -1.46. The Morgan fingerprint density at radius 3 is 2.29 bits per heavy atom. The Kier molecular flexibility index (Phi) is 9.03. The fraction of sp³-hybridized carbons (Fsp3) is 0.250. The van der Waals surface area contributed by atoms with Crippen molar-refractivity contribution in [1.29, 1.82) is 0 Å². The lowest BCUT2D eigenvalue weighted by Gasteiger charge is -2.21. The van der Waals surface area contributed by atoms with Gasteiger partial charge in [-0.25, -0.2) is 0 Å². The fourth-order valence-electron chi connectivity index (χ4n) is 2.20. The van der Waals surface area contributed by atoms with E-state index in [9.17, 15) is 14.4 Å². The maximum absolute atomic E-state index is 12.5. The van der Waals surface area contributed by atoms with Crippen LogP contribution in [0.4, 0.5) is 5.69 Å². The third kappa shape index (κ3) is 7.36. The molecule has 0 saturated heterocycles. The number of carbonyl (C=O) groups excluding carboxylic acids is 3. The molecule has 0 unspecified atom stereocenters. The Labute approximate surface area is 176 Å². The third-order valence-corrected chi connectivity index (χ3v) is 5.00. The average molecular weight is 466 g/mol. The summed E-state index contributed by atoms with van der Waals surface area (Å²) >= 11 is 4.67. The van der Waals surface area contributed by atoms with Crippen LogP contribution in [0.5, 0.6) is 0 Å². The van der Waals surface area contributed by atoms with Crippen LogP contribution in [-0.2, 0) is 23.9 Å². The van der Waals surface area contributed by atoms with Crippen LogP contribution in [0.25, 0.3) is 0 Å². The molecule has 2 rings (SSSR count). The van der Waals surface area contributed by atoms with Gasteiger partial charge in [0, 0.05) is 15.1 Å². The number of halogens is 1. The second kappa shape index (κ2) is 11.5. The molecule has 2 aromatic carbocycles.